The zero-order valence-corrected chi connectivity index (χ0v) is 22.5. The summed E-state index contributed by atoms with van der Waals surface area (Å²) in [4.78, 5) is 34.7. The van der Waals surface area contributed by atoms with Crippen molar-refractivity contribution >= 4 is 46.6 Å². The van der Waals surface area contributed by atoms with Gasteiger partial charge in [0, 0.05) is 12.1 Å². The summed E-state index contributed by atoms with van der Waals surface area (Å²) < 4.78 is 1.68. The van der Waals surface area contributed by atoms with Crippen LogP contribution in [0.3, 0.4) is 0 Å². The van der Waals surface area contributed by atoms with E-state index < -0.39 is 0 Å². The molecule has 4 rings (SSSR count). The molecule has 0 radical (unpaired) electrons. The Bertz CT molecular complexity index is 1420. The number of anilines is 1. The van der Waals surface area contributed by atoms with Gasteiger partial charge in [-0.1, -0.05) is 49.7 Å². The van der Waals surface area contributed by atoms with E-state index in [-0.39, 0.29) is 29.8 Å². The molecule has 0 unspecified atom stereocenters. The number of carbonyl (C=O) groups excluding carboxylic acids is 1. The summed E-state index contributed by atoms with van der Waals surface area (Å²) in [5.41, 5.74) is 4.25. The SMILES string of the molecule is Cc1cccc(Cl)c1-n1nc(C(C)C)c2c(=O)[nH]c(Cc3ccc(NC(=O)CN(C)C)cc3)nc21.Cl. The van der Waals surface area contributed by atoms with Gasteiger partial charge in [0.05, 0.1) is 22.9 Å². The summed E-state index contributed by atoms with van der Waals surface area (Å²) in [6, 6.07) is 13.1. The van der Waals surface area contributed by atoms with Gasteiger partial charge in [0.1, 0.15) is 11.2 Å². The number of para-hydroxylation sites is 1. The molecule has 10 heteroatoms. The Morgan fingerprint density at radius 3 is 2.47 bits per heavy atom. The lowest BCUT2D eigenvalue weighted by Gasteiger charge is -2.11. The number of halogens is 2. The van der Waals surface area contributed by atoms with Crippen molar-refractivity contribution in [2.24, 2.45) is 0 Å². The zero-order chi connectivity index (χ0) is 25.3. The smallest absolute Gasteiger partial charge is 0.262 e. The maximum atomic E-state index is 13.2. The molecular weight excluding hydrogens is 499 g/mol. The number of likely N-dealkylation sites (N-methyl/N-ethyl adjacent to an activating group) is 1. The summed E-state index contributed by atoms with van der Waals surface area (Å²) in [6.45, 7) is 6.26. The summed E-state index contributed by atoms with van der Waals surface area (Å²) in [5.74, 6) is 0.474. The number of benzene rings is 2. The molecule has 0 saturated heterocycles. The van der Waals surface area contributed by atoms with Crippen LogP contribution in [0.25, 0.3) is 16.7 Å². The van der Waals surface area contributed by atoms with Crippen molar-refractivity contribution in [2.75, 3.05) is 26.0 Å². The van der Waals surface area contributed by atoms with Gasteiger partial charge in [0.2, 0.25) is 5.91 Å². The Morgan fingerprint density at radius 2 is 1.86 bits per heavy atom. The van der Waals surface area contributed by atoms with E-state index in [1.807, 2.05) is 71.3 Å². The van der Waals surface area contributed by atoms with Gasteiger partial charge in [-0.2, -0.15) is 5.10 Å². The fraction of sp³-hybridized carbons (Fsp3) is 0.308. The Balaban J connectivity index is 0.00000361. The Kier molecular flexibility index (Phi) is 8.55. The quantitative estimate of drug-likeness (QED) is 0.362. The largest absolute Gasteiger partial charge is 0.325 e. The average Bonchev–Trinajstić information content (AvgIpc) is 3.14. The molecule has 8 nitrogen and oxygen atoms in total. The molecule has 0 saturated carbocycles. The molecule has 0 aliphatic carbocycles. The maximum absolute atomic E-state index is 13.2. The number of fused-ring (bicyclic) bond motifs is 1. The summed E-state index contributed by atoms with van der Waals surface area (Å²) in [6.07, 6.45) is 0.417. The third-order valence-electron chi connectivity index (χ3n) is 5.63. The van der Waals surface area contributed by atoms with E-state index in [1.165, 1.54) is 0 Å². The molecule has 2 aromatic heterocycles. The van der Waals surface area contributed by atoms with Crippen LogP contribution in [0.5, 0.6) is 0 Å². The van der Waals surface area contributed by atoms with E-state index in [9.17, 15) is 9.59 Å². The highest BCUT2D eigenvalue weighted by Gasteiger charge is 2.22. The minimum Gasteiger partial charge on any atom is -0.325 e. The number of amides is 1. The molecule has 0 atom stereocenters. The Labute approximate surface area is 221 Å². The number of aromatic nitrogens is 4. The van der Waals surface area contributed by atoms with Gasteiger partial charge in [-0.05, 0) is 56.3 Å². The minimum atomic E-state index is -0.225. The van der Waals surface area contributed by atoms with Crippen LogP contribution in [0, 0.1) is 6.92 Å². The van der Waals surface area contributed by atoms with Crippen molar-refractivity contribution in [1.29, 1.82) is 0 Å². The molecule has 0 aliphatic rings. The number of hydrogen-bond donors (Lipinski definition) is 2. The lowest BCUT2D eigenvalue weighted by Crippen LogP contribution is -2.27. The van der Waals surface area contributed by atoms with Crippen LogP contribution in [-0.2, 0) is 11.2 Å². The third kappa shape index (κ3) is 5.78. The number of nitrogens with zero attached hydrogens (tertiary/aromatic N) is 4. The van der Waals surface area contributed by atoms with Gasteiger partial charge in [-0.25, -0.2) is 9.67 Å². The van der Waals surface area contributed by atoms with Crippen molar-refractivity contribution in [3.63, 3.8) is 0 Å². The molecule has 2 aromatic carbocycles. The number of aromatic amines is 1. The van der Waals surface area contributed by atoms with E-state index in [1.54, 1.807) is 15.6 Å². The molecule has 0 spiro atoms. The van der Waals surface area contributed by atoms with Crippen LogP contribution in [0.4, 0.5) is 5.69 Å². The van der Waals surface area contributed by atoms with Gasteiger partial charge >= 0.3 is 0 Å². The highest BCUT2D eigenvalue weighted by Crippen LogP contribution is 2.29. The molecule has 0 bridgehead atoms. The van der Waals surface area contributed by atoms with Crippen molar-refractivity contribution in [3.05, 3.63) is 80.5 Å². The third-order valence-corrected chi connectivity index (χ3v) is 5.94. The summed E-state index contributed by atoms with van der Waals surface area (Å²) >= 11 is 6.53. The molecule has 2 heterocycles. The van der Waals surface area contributed by atoms with Gasteiger partial charge in [0.15, 0.2) is 5.65 Å². The van der Waals surface area contributed by atoms with E-state index in [2.05, 4.69) is 10.3 Å². The molecule has 4 aromatic rings. The number of rotatable bonds is 7. The zero-order valence-electron chi connectivity index (χ0n) is 20.9. The van der Waals surface area contributed by atoms with Gasteiger partial charge in [-0.3, -0.25) is 9.59 Å². The molecule has 190 valence electrons. The standard InChI is InChI=1S/C26H29ClN6O2.ClH/c1-15(2)23-22-25(33(31-23)24-16(3)7-6-8-19(24)27)29-20(30-26(22)35)13-17-9-11-18(12-10-17)28-21(34)14-32(4)5;/h6-12,15H,13-14H2,1-5H3,(H,28,34)(H,29,30,35);1H. The summed E-state index contributed by atoms with van der Waals surface area (Å²) in [5, 5.41) is 8.64. The summed E-state index contributed by atoms with van der Waals surface area (Å²) in [7, 11) is 3.69. The second-order valence-electron chi connectivity index (χ2n) is 9.23. The molecule has 1 amide bonds. The van der Waals surface area contributed by atoms with Crippen LogP contribution < -0.4 is 10.9 Å². The highest BCUT2D eigenvalue weighted by molar-refractivity contribution is 6.32. The van der Waals surface area contributed by atoms with Gasteiger partial charge < -0.3 is 15.2 Å². The number of aryl methyl sites for hydroxylation is 1. The van der Waals surface area contributed by atoms with Crippen molar-refractivity contribution < 1.29 is 4.79 Å². The van der Waals surface area contributed by atoms with E-state index in [0.717, 1.165) is 11.1 Å². The fourth-order valence-electron chi connectivity index (χ4n) is 4.02. The molecule has 0 aliphatic heterocycles. The van der Waals surface area contributed by atoms with Crippen molar-refractivity contribution in [1.82, 2.24) is 24.6 Å². The molecular formula is C26H30Cl2N6O2. The van der Waals surface area contributed by atoms with Crippen LogP contribution in [-0.4, -0.2) is 51.2 Å². The lowest BCUT2D eigenvalue weighted by molar-refractivity contribution is -0.116. The lowest BCUT2D eigenvalue weighted by atomic mass is 10.1. The first-order chi connectivity index (χ1) is 16.6. The van der Waals surface area contributed by atoms with Crippen LogP contribution in [0.15, 0.2) is 47.3 Å². The monoisotopic (exact) mass is 528 g/mol. The number of H-pyrrole nitrogens is 1. The van der Waals surface area contributed by atoms with Gasteiger partial charge in [0.25, 0.3) is 5.56 Å². The Morgan fingerprint density at radius 1 is 1.17 bits per heavy atom. The van der Waals surface area contributed by atoms with Crippen LogP contribution >= 0.6 is 24.0 Å². The minimum absolute atomic E-state index is 0. The van der Waals surface area contributed by atoms with Crippen LogP contribution in [0.1, 0.15) is 42.4 Å². The van der Waals surface area contributed by atoms with E-state index in [4.69, 9.17) is 21.7 Å². The average molecular weight is 529 g/mol. The molecule has 36 heavy (non-hydrogen) atoms. The fourth-order valence-corrected chi connectivity index (χ4v) is 4.32. The van der Waals surface area contributed by atoms with E-state index >= 15 is 0 Å². The first-order valence-corrected chi connectivity index (χ1v) is 11.8. The highest BCUT2D eigenvalue weighted by atomic mass is 35.5. The normalized spacial score (nSPS) is 11.2. The van der Waals surface area contributed by atoms with Crippen molar-refractivity contribution in [3.8, 4) is 5.69 Å². The number of carbonyl (C=O) groups is 1. The topological polar surface area (TPSA) is 95.9 Å². The van der Waals surface area contributed by atoms with Gasteiger partial charge in [-0.15, -0.1) is 12.4 Å². The first kappa shape index (κ1) is 27.4. The second kappa shape index (κ2) is 11.2. The second-order valence-corrected chi connectivity index (χ2v) is 9.64. The predicted octanol–water partition coefficient (Wildman–Crippen LogP) is 4.71. The maximum Gasteiger partial charge on any atom is 0.262 e. The van der Waals surface area contributed by atoms with Crippen LogP contribution in [0.2, 0.25) is 5.02 Å². The van der Waals surface area contributed by atoms with E-state index in [0.29, 0.717) is 51.9 Å². The number of nitrogens with one attached hydrogen (secondary N) is 2. The predicted molar refractivity (Wildman–Crippen MR) is 147 cm³/mol. The molecule has 0 fully saturated rings. The Hall–Kier alpha value is -3.20. The number of hydrogen-bond acceptors (Lipinski definition) is 5. The first-order valence-electron chi connectivity index (χ1n) is 11.4. The van der Waals surface area contributed by atoms with Crippen molar-refractivity contribution in [2.45, 2.75) is 33.1 Å². The molecule has 2 N–H and O–H groups in total.